The second-order valence-corrected chi connectivity index (χ2v) is 6.09. The van der Waals surface area contributed by atoms with Crippen LogP contribution in [0.4, 0.5) is 5.82 Å². The van der Waals surface area contributed by atoms with Gasteiger partial charge in [-0.2, -0.15) is 5.10 Å². The van der Waals surface area contributed by atoms with E-state index in [9.17, 15) is 0 Å². The summed E-state index contributed by atoms with van der Waals surface area (Å²) in [5.41, 5.74) is 3.08. The largest absolute Gasteiger partial charge is 0.363 e. The van der Waals surface area contributed by atoms with Gasteiger partial charge in [0, 0.05) is 18.5 Å². The fourth-order valence-electron chi connectivity index (χ4n) is 2.37. The summed E-state index contributed by atoms with van der Waals surface area (Å²) in [6.07, 6.45) is 1.62. The van der Waals surface area contributed by atoms with Crippen molar-refractivity contribution in [2.45, 2.75) is 19.9 Å². The van der Waals surface area contributed by atoms with E-state index in [1.807, 2.05) is 6.92 Å². The van der Waals surface area contributed by atoms with Gasteiger partial charge in [0.2, 0.25) is 0 Å². The summed E-state index contributed by atoms with van der Waals surface area (Å²) in [4.78, 5) is 9.78. The van der Waals surface area contributed by atoms with Crippen molar-refractivity contribution < 1.29 is 0 Å². The normalized spacial score (nSPS) is 14.3. The predicted octanol–water partition coefficient (Wildman–Crippen LogP) is 2.48. The molecule has 0 radical (unpaired) electrons. The van der Waals surface area contributed by atoms with Crippen LogP contribution in [0, 0.1) is 13.8 Å². The van der Waals surface area contributed by atoms with E-state index >= 15 is 0 Å². The van der Waals surface area contributed by atoms with Crippen molar-refractivity contribution in [1.29, 1.82) is 0 Å². The minimum Gasteiger partial charge on any atom is -0.363 e. The lowest BCUT2D eigenvalue weighted by atomic mass is 10.1. The molecule has 4 rings (SSSR count). The highest BCUT2D eigenvalue weighted by Crippen LogP contribution is 2.36. The smallest absolute Gasteiger partial charge is 0.149 e. The Kier molecular flexibility index (Phi) is 5.01. The average molecular weight is 359 g/mol. The highest BCUT2D eigenvalue weighted by atomic mass is 35.5. The Hall–Kier alpha value is -1.28. The van der Waals surface area contributed by atoms with Crippen LogP contribution < -0.4 is 10.6 Å². The summed E-state index contributed by atoms with van der Waals surface area (Å²) >= 11 is 1.61. The third kappa shape index (κ3) is 2.58. The van der Waals surface area contributed by atoms with Crippen molar-refractivity contribution in [2.24, 2.45) is 0 Å². The molecule has 0 saturated carbocycles. The molecule has 2 N–H and O–H groups in total. The molecule has 0 unspecified atom stereocenters. The number of thiophene rings is 1. The van der Waals surface area contributed by atoms with Gasteiger partial charge in [0.05, 0.1) is 22.0 Å². The van der Waals surface area contributed by atoms with Crippen molar-refractivity contribution in [2.75, 3.05) is 18.4 Å². The van der Waals surface area contributed by atoms with E-state index in [1.165, 1.54) is 0 Å². The van der Waals surface area contributed by atoms with E-state index in [0.29, 0.717) is 6.04 Å². The summed E-state index contributed by atoms with van der Waals surface area (Å²) in [6, 6.07) is 0.451. The van der Waals surface area contributed by atoms with Gasteiger partial charge in [0.15, 0.2) is 0 Å². The molecule has 1 fully saturated rings. The molecule has 0 atom stereocenters. The van der Waals surface area contributed by atoms with E-state index in [2.05, 4.69) is 37.7 Å². The molecule has 0 aromatic carbocycles. The van der Waals surface area contributed by atoms with Gasteiger partial charge < -0.3 is 10.6 Å². The van der Waals surface area contributed by atoms with Crippen molar-refractivity contribution in [3.63, 3.8) is 0 Å². The molecule has 4 heterocycles. The highest BCUT2D eigenvalue weighted by Gasteiger charge is 2.20. The van der Waals surface area contributed by atoms with Crippen molar-refractivity contribution in [1.82, 2.24) is 25.5 Å². The van der Waals surface area contributed by atoms with Gasteiger partial charge in [0.1, 0.15) is 17.0 Å². The number of halogens is 2. The summed E-state index contributed by atoms with van der Waals surface area (Å²) in [7, 11) is 0. The SMILES string of the molecule is Cc1nnc2sc3c(NC4CNC4)ncnc3c2c1C.Cl.Cl. The Morgan fingerprint density at radius 2 is 1.95 bits per heavy atom. The maximum atomic E-state index is 4.46. The van der Waals surface area contributed by atoms with Crippen LogP contribution in [-0.4, -0.2) is 39.3 Å². The Balaban J connectivity index is 0.000000882. The number of fused-ring (bicyclic) bond motifs is 3. The Morgan fingerprint density at radius 3 is 2.64 bits per heavy atom. The molecule has 0 spiro atoms. The van der Waals surface area contributed by atoms with E-state index in [0.717, 1.165) is 50.6 Å². The zero-order valence-electron chi connectivity index (χ0n) is 12.1. The van der Waals surface area contributed by atoms with Crippen LogP contribution in [0.25, 0.3) is 20.4 Å². The molecule has 118 valence electrons. The lowest BCUT2D eigenvalue weighted by Crippen LogP contribution is -2.51. The molecule has 0 aliphatic carbocycles. The van der Waals surface area contributed by atoms with Gasteiger partial charge >= 0.3 is 0 Å². The lowest BCUT2D eigenvalue weighted by molar-refractivity contribution is 0.471. The number of aryl methyl sites for hydroxylation is 2. The second-order valence-electron chi connectivity index (χ2n) is 5.09. The van der Waals surface area contributed by atoms with Crippen LogP contribution in [0.5, 0.6) is 0 Å². The number of rotatable bonds is 2. The fourth-order valence-corrected chi connectivity index (χ4v) is 3.46. The van der Waals surface area contributed by atoms with Crippen LogP contribution in [0.3, 0.4) is 0 Å². The lowest BCUT2D eigenvalue weighted by Gasteiger charge is -2.28. The van der Waals surface area contributed by atoms with Crippen LogP contribution in [-0.2, 0) is 0 Å². The number of anilines is 1. The zero-order valence-corrected chi connectivity index (χ0v) is 14.5. The first-order valence-corrected chi connectivity index (χ1v) is 7.40. The third-order valence-corrected chi connectivity index (χ3v) is 4.85. The van der Waals surface area contributed by atoms with Gasteiger partial charge in [-0.3, -0.25) is 0 Å². The third-order valence-electron chi connectivity index (χ3n) is 3.78. The molecule has 1 aliphatic rings. The van der Waals surface area contributed by atoms with Gasteiger partial charge in [-0.15, -0.1) is 41.2 Å². The van der Waals surface area contributed by atoms with E-state index < -0.39 is 0 Å². The summed E-state index contributed by atoms with van der Waals surface area (Å²) in [5.74, 6) is 0.904. The van der Waals surface area contributed by atoms with Crippen molar-refractivity contribution >= 4 is 62.4 Å². The number of nitrogens with one attached hydrogen (secondary N) is 2. The van der Waals surface area contributed by atoms with Crippen LogP contribution >= 0.6 is 36.2 Å². The summed E-state index contributed by atoms with van der Waals surface area (Å²) < 4.78 is 1.07. The average Bonchev–Trinajstić information content (AvgIpc) is 2.78. The standard InChI is InChI=1S/C13H14N6S.2ClH/c1-6-7(2)18-19-13-9(6)10-11(20-13)12(16-5-15-10)17-8-3-14-4-8;;/h5,8,14H,3-4H2,1-2H3,(H,15,16,17);2*1H. The number of hydrogen-bond acceptors (Lipinski definition) is 7. The molecule has 0 amide bonds. The van der Waals surface area contributed by atoms with E-state index in [4.69, 9.17) is 0 Å². The van der Waals surface area contributed by atoms with Crippen LogP contribution in [0.1, 0.15) is 11.3 Å². The first-order valence-electron chi connectivity index (χ1n) is 6.58. The quantitative estimate of drug-likeness (QED) is 0.732. The maximum absolute atomic E-state index is 4.46. The highest BCUT2D eigenvalue weighted by molar-refractivity contribution is 7.25. The molecule has 22 heavy (non-hydrogen) atoms. The molecule has 6 nitrogen and oxygen atoms in total. The monoisotopic (exact) mass is 358 g/mol. The minimum absolute atomic E-state index is 0. The Bertz CT molecular complexity index is 817. The predicted molar refractivity (Wildman–Crippen MR) is 94.8 cm³/mol. The minimum atomic E-state index is 0. The first kappa shape index (κ1) is 17.1. The number of hydrogen-bond donors (Lipinski definition) is 2. The second kappa shape index (κ2) is 6.45. The molecule has 3 aromatic rings. The maximum Gasteiger partial charge on any atom is 0.149 e. The molecular formula is C13H16Cl2N6S. The zero-order chi connectivity index (χ0) is 13.7. The first-order chi connectivity index (χ1) is 9.74. The summed E-state index contributed by atoms with van der Waals surface area (Å²) in [5, 5.41) is 16.3. The van der Waals surface area contributed by atoms with Crippen molar-refractivity contribution in [3.05, 3.63) is 17.6 Å². The van der Waals surface area contributed by atoms with Gasteiger partial charge in [-0.25, -0.2) is 9.97 Å². The molecule has 9 heteroatoms. The van der Waals surface area contributed by atoms with Gasteiger partial charge in [-0.05, 0) is 19.4 Å². The molecule has 1 saturated heterocycles. The Labute approximate surface area is 144 Å². The summed E-state index contributed by atoms with van der Waals surface area (Å²) in [6.45, 7) is 6.01. The fraction of sp³-hybridized carbons (Fsp3) is 0.385. The van der Waals surface area contributed by atoms with Crippen LogP contribution in [0.15, 0.2) is 6.33 Å². The van der Waals surface area contributed by atoms with Crippen LogP contribution in [0.2, 0.25) is 0 Å². The Morgan fingerprint density at radius 1 is 1.18 bits per heavy atom. The molecular weight excluding hydrogens is 343 g/mol. The topological polar surface area (TPSA) is 75.6 Å². The number of nitrogens with zero attached hydrogens (tertiary/aromatic N) is 4. The van der Waals surface area contributed by atoms with Gasteiger partial charge in [0.25, 0.3) is 0 Å². The molecule has 3 aromatic heterocycles. The van der Waals surface area contributed by atoms with E-state index in [-0.39, 0.29) is 24.8 Å². The van der Waals surface area contributed by atoms with E-state index in [1.54, 1.807) is 17.7 Å². The van der Waals surface area contributed by atoms with Crippen molar-refractivity contribution in [3.8, 4) is 0 Å². The molecule has 1 aliphatic heterocycles. The van der Waals surface area contributed by atoms with Gasteiger partial charge in [-0.1, -0.05) is 0 Å². The number of aromatic nitrogens is 4. The molecule has 0 bridgehead atoms.